The summed E-state index contributed by atoms with van der Waals surface area (Å²) >= 11 is 0. The molecule has 24 heavy (non-hydrogen) atoms. The Morgan fingerprint density at radius 2 is 2.00 bits per heavy atom. The lowest BCUT2D eigenvalue weighted by molar-refractivity contribution is -0.00889. The number of para-hydroxylation sites is 1. The molecule has 1 saturated carbocycles. The molecule has 2 aromatic rings. The Bertz CT molecular complexity index is 696. The van der Waals surface area contributed by atoms with Crippen LogP contribution in [-0.4, -0.2) is 34.6 Å². The standard InChI is InChI=1S/C18H22N4O2/c23-18(19-14-9-11-24-16(12-14)13-6-7-13)20-17-8-10-22(21-17)15-4-2-1-3-5-15/h1-5,8,10,13-14,16H,6-7,9,11-12H2,(H2,19,20,21,23)/t14-,16-/m0/s1. The van der Waals surface area contributed by atoms with Gasteiger partial charge in [-0.05, 0) is 43.7 Å². The minimum Gasteiger partial charge on any atom is -0.378 e. The van der Waals surface area contributed by atoms with E-state index in [4.69, 9.17) is 4.74 Å². The molecule has 1 aromatic heterocycles. The van der Waals surface area contributed by atoms with Gasteiger partial charge in [-0.15, -0.1) is 5.10 Å². The van der Waals surface area contributed by atoms with Gasteiger partial charge < -0.3 is 10.1 Å². The Morgan fingerprint density at radius 1 is 1.17 bits per heavy atom. The van der Waals surface area contributed by atoms with Crippen LogP contribution in [0.25, 0.3) is 5.69 Å². The molecule has 0 unspecified atom stereocenters. The van der Waals surface area contributed by atoms with Gasteiger partial charge in [0.2, 0.25) is 0 Å². The highest BCUT2D eigenvalue weighted by Gasteiger charge is 2.36. The van der Waals surface area contributed by atoms with Gasteiger partial charge in [0.25, 0.3) is 0 Å². The number of carbonyl (C=O) groups excluding carboxylic acids is 1. The molecule has 2 aliphatic rings. The van der Waals surface area contributed by atoms with E-state index in [0.717, 1.165) is 25.1 Å². The number of rotatable bonds is 4. The number of benzene rings is 1. The van der Waals surface area contributed by atoms with E-state index in [0.29, 0.717) is 17.8 Å². The number of carbonyl (C=O) groups is 1. The average molecular weight is 326 g/mol. The van der Waals surface area contributed by atoms with E-state index in [-0.39, 0.29) is 12.1 Å². The molecule has 1 aromatic carbocycles. The Balaban J connectivity index is 1.32. The third kappa shape index (κ3) is 3.59. The Kier molecular flexibility index (Phi) is 4.21. The lowest BCUT2D eigenvalue weighted by Crippen LogP contribution is -2.44. The van der Waals surface area contributed by atoms with Crippen LogP contribution in [0.2, 0.25) is 0 Å². The largest absolute Gasteiger partial charge is 0.378 e. The van der Waals surface area contributed by atoms with Gasteiger partial charge in [-0.2, -0.15) is 0 Å². The smallest absolute Gasteiger partial charge is 0.320 e. The molecular formula is C18H22N4O2. The first-order chi connectivity index (χ1) is 11.8. The van der Waals surface area contributed by atoms with E-state index in [1.54, 1.807) is 10.7 Å². The molecule has 0 bridgehead atoms. The number of aromatic nitrogens is 2. The quantitative estimate of drug-likeness (QED) is 0.907. The average Bonchev–Trinajstić information content (AvgIpc) is 3.36. The highest BCUT2D eigenvalue weighted by Crippen LogP contribution is 2.38. The van der Waals surface area contributed by atoms with Crippen molar-refractivity contribution in [1.82, 2.24) is 15.1 Å². The summed E-state index contributed by atoms with van der Waals surface area (Å²) in [4.78, 5) is 12.2. The predicted octanol–water partition coefficient (Wildman–Crippen LogP) is 2.95. The summed E-state index contributed by atoms with van der Waals surface area (Å²) in [7, 11) is 0. The molecule has 2 heterocycles. The molecule has 2 amide bonds. The minimum atomic E-state index is -0.199. The van der Waals surface area contributed by atoms with E-state index in [2.05, 4.69) is 15.7 Å². The zero-order chi connectivity index (χ0) is 16.4. The van der Waals surface area contributed by atoms with Crippen LogP contribution in [0, 0.1) is 5.92 Å². The van der Waals surface area contributed by atoms with Gasteiger partial charge in [-0.1, -0.05) is 18.2 Å². The zero-order valence-electron chi connectivity index (χ0n) is 13.5. The lowest BCUT2D eigenvalue weighted by atomic mass is 10.0. The zero-order valence-corrected chi connectivity index (χ0v) is 13.5. The third-order valence-electron chi connectivity index (χ3n) is 4.65. The third-order valence-corrected chi connectivity index (χ3v) is 4.65. The van der Waals surface area contributed by atoms with Crippen LogP contribution in [0.1, 0.15) is 25.7 Å². The Hall–Kier alpha value is -2.34. The van der Waals surface area contributed by atoms with Crippen molar-refractivity contribution in [2.75, 3.05) is 11.9 Å². The van der Waals surface area contributed by atoms with E-state index in [1.807, 2.05) is 36.5 Å². The van der Waals surface area contributed by atoms with Crippen molar-refractivity contribution >= 4 is 11.8 Å². The number of hydrogen-bond donors (Lipinski definition) is 2. The van der Waals surface area contributed by atoms with Crippen LogP contribution in [0.4, 0.5) is 10.6 Å². The van der Waals surface area contributed by atoms with E-state index >= 15 is 0 Å². The second-order valence-electron chi connectivity index (χ2n) is 6.55. The number of nitrogens with zero attached hydrogens (tertiary/aromatic N) is 2. The van der Waals surface area contributed by atoms with Gasteiger partial charge in [0.15, 0.2) is 5.82 Å². The van der Waals surface area contributed by atoms with Crippen molar-refractivity contribution in [3.63, 3.8) is 0 Å². The van der Waals surface area contributed by atoms with E-state index < -0.39 is 0 Å². The molecule has 126 valence electrons. The summed E-state index contributed by atoms with van der Waals surface area (Å²) in [6.07, 6.45) is 6.47. The molecule has 1 saturated heterocycles. The molecule has 0 spiro atoms. The normalized spacial score (nSPS) is 23.7. The van der Waals surface area contributed by atoms with Crippen molar-refractivity contribution in [3.8, 4) is 5.69 Å². The van der Waals surface area contributed by atoms with E-state index in [1.165, 1.54) is 12.8 Å². The Labute approximate surface area is 141 Å². The van der Waals surface area contributed by atoms with Crippen molar-refractivity contribution in [1.29, 1.82) is 0 Å². The molecule has 2 atom stereocenters. The fraction of sp³-hybridized carbons (Fsp3) is 0.444. The first kappa shape index (κ1) is 15.2. The first-order valence-electron chi connectivity index (χ1n) is 8.58. The second kappa shape index (κ2) is 6.65. The summed E-state index contributed by atoms with van der Waals surface area (Å²) in [6.45, 7) is 0.731. The SMILES string of the molecule is O=C(Nc1ccn(-c2ccccc2)n1)N[C@H]1CCO[C@H](C2CC2)C1. The summed E-state index contributed by atoms with van der Waals surface area (Å²) in [5.74, 6) is 1.25. The molecule has 4 rings (SSSR count). The second-order valence-corrected chi connectivity index (χ2v) is 6.55. The van der Waals surface area contributed by atoms with Crippen LogP contribution >= 0.6 is 0 Å². The maximum absolute atomic E-state index is 12.2. The molecule has 2 N–H and O–H groups in total. The van der Waals surface area contributed by atoms with Crippen LogP contribution in [0.3, 0.4) is 0 Å². The summed E-state index contributed by atoms with van der Waals surface area (Å²) in [5.41, 5.74) is 0.961. The number of ether oxygens (including phenoxy) is 1. The van der Waals surface area contributed by atoms with Gasteiger partial charge in [0.1, 0.15) is 0 Å². The lowest BCUT2D eigenvalue weighted by Gasteiger charge is -2.30. The molecular weight excluding hydrogens is 304 g/mol. The maximum Gasteiger partial charge on any atom is 0.320 e. The minimum absolute atomic E-state index is 0.181. The molecule has 0 radical (unpaired) electrons. The Morgan fingerprint density at radius 3 is 2.79 bits per heavy atom. The number of nitrogens with one attached hydrogen (secondary N) is 2. The number of urea groups is 1. The fourth-order valence-corrected chi connectivity index (χ4v) is 3.21. The number of hydrogen-bond acceptors (Lipinski definition) is 3. The highest BCUT2D eigenvalue weighted by molar-refractivity contribution is 5.88. The highest BCUT2D eigenvalue weighted by atomic mass is 16.5. The molecule has 1 aliphatic carbocycles. The molecule has 2 fully saturated rings. The number of anilines is 1. The molecule has 6 heteroatoms. The summed E-state index contributed by atoms with van der Waals surface area (Å²) < 4.78 is 7.54. The monoisotopic (exact) mass is 326 g/mol. The van der Waals surface area contributed by atoms with Gasteiger partial charge in [-0.3, -0.25) is 5.32 Å². The predicted molar refractivity (Wildman–Crippen MR) is 91.2 cm³/mol. The summed E-state index contributed by atoms with van der Waals surface area (Å²) in [5, 5.41) is 10.3. The fourth-order valence-electron chi connectivity index (χ4n) is 3.21. The van der Waals surface area contributed by atoms with Crippen LogP contribution < -0.4 is 10.6 Å². The van der Waals surface area contributed by atoms with Gasteiger partial charge in [-0.25, -0.2) is 9.48 Å². The topological polar surface area (TPSA) is 68.2 Å². The number of amides is 2. The van der Waals surface area contributed by atoms with Crippen LogP contribution in [0.15, 0.2) is 42.6 Å². The first-order valence-corrected chi connectivity index (χ1v) is 8.58. The van der Waals surface area contributed by atoms with Gasteiger partial charge in [0, 0.05) is 24.9 Å². The van der Waals surface area contributed by atoms with Crippen LogP contribution in [-0.2, 0) is 4.74 Å². The van der Waals surface area contributed by atoms with Crippen molar-refractivity contribution in [2.24, 2.45) is 5.92 Å². The van der Waals surface area contributed by atoms with Gasteiger partial charge >= 0.3 is 6.03 Å². The van der Waals surface area contributed by atoms with Gasteiger partial charge in [0.05, 0.1) is 11.8 Å². The van der Waals surface area contributed by atoms with Crippen molar-refractivity contribution < 1.29 is 9.53 Å². The van der Waals surface area contributed by atoms with Crippen LogP contribution in [0.5, 0.6) is 0 Å². The molecule has 6 nitrogen and oxygen atoms in total. The molecule has 1 aliphatic heterocycles. The van der Waals surface area contributed by atoms with Crippen molar-refractivity contribution in [3.05, 3.63) is 42.6 Å². The van der Waals surface area contributed by atoms with Crippen molar-refractivity contribution in [2.45, 2.75) is 37.8 Å². The van der Waals surface area contributed by atoms with E-state index in [9.17, 15) is 4.79 Å². The maximum atomic E-state index is 12.2. The summed E-state index contributed by atoms with van der Waals surface area (Å²) in [6, 6.07) is 11.6.